The Bertz CT molecular complexity index is 2760. The Morgan fingerprint density at radius 2 is 1.00 bits per heavy atom. The zero-order valence-corrected chi connectivity index (χ0v) is 24.2. The molecule has 0 amide bonds. The third kappa shape index (κ3) is 3.45. The fourth-order valence-corrected chi connectivity index (χ4v) is 7.21. The largest absolute Gasteiger partial charge is 0.435 e. The lowest BCUT2D eigenvalue weighted by Crippen LogP contribution is -1.94. The molecule has 0 saturated heterocycles. The van der Waals surface area contributed by atoms with Gasteiger partial charge in [0.2, 0.25) is 5.71 Å². The number of pyridine rings is 1. The highest BCUT2D eigenvalue weighted by atomic mass is 16.3. The van der Waals surface area contributed by atoms with Gasteiger partial charge in [-0.05, 0) is 77.9 Å². The fraction of sp³-hybridized carbons (Fsp3) is 0. The maximum atomic E-state index is 6.37. The summed E-state index contributed by atoms with van der Waals surface area (Å²) in [4.78, 5) is 4.49. The average Bonchev–Trinajstić information content (AvgIpc) is 3.76. The number of furan rings is 1. The summed E-state index contributed by atoms with van der Waals surface area (Å²) in [5, 5.41) is 7.02. The quantitative estimate of drug-likeness (QED) is 0.210. The van der Waals surface area contributed by atoms with Gasteiger partial charge in [0.15, 0.2) is 5.58 Å². The number of aromatic nitrogens is 3. The van der Waals surface area contributed by atoms with Crippen LogP contribution in [-0.2, 0) is 0 Å². The molecule has 0 saturated carbocycles. The van der Waals surface area contributed by atoms with Gasteiger partial charge in [0, 0.05) is 44.2 Å². The Kier molecular flexibility index (Phi) is 4.96. The topological polar surface area (TPSA) is 35.9 Å². The standard InChI is InChI=1S/C41H25N3O/c1-2-10-28(11-3-1)43-35-16-6-4-12-29(35)33-24-26(19-21-37(33)43)27-20-22-38-34(25-27)30-13-5-7-17-36(30)44(38)39-18-8-14-31-32-15-9-23-42-41(32)45-40(31)39/h1-25H. The first-order valence-electron chi connectivity index (χ1n) is 15.2. The van der Waals surface area contributed by atoms with E-state index in [1.54, 1.807) is 6.20 Å². The van der Waals surface area contributed by atoms with Crippen LogP contribution in [0.15, 0.2) is 156 Å². The summed E-state index contributed by atoms with van der Waals surface area (Å²) in [6.07, 6.45) is 1.78. The number of hydrogen-bond donors (Lipinski definition) is 0. The van der Waals surface area contributed by atoms with Crippen molar-refractivity contribution in [1.29, 1.82) is 0 Å². The number of fused-ring (bicyclic) bond motifs is 9. The third-order valence-corrected chi connectivity index (χ3v) is 9.19. The summed E-state index contributed by atoms with van der Waals surface area (Å²) >= 11 is 0. The van der Waals surface area contributed by atoms with Gasteiger partial charge in [-0.3, -0.25) is 0 Å². The molecule has 0 fully saturated rings. The Morgan fingerprint density at radius 1 is 0.422 bits per heavy atom. The van der Waals surface area contributed by atoms with Crippen LogP contribution >= 0.6 is 0 Å². The number of para-hydroxylation sites is 4. The first kappa shape index (κ1) is 24.3. The van der Waals surface area contributed by atoms with Gasteiger partial charge in [0.25, 0.3) is 0 Å². The highest BCUT2D eigenvalue weighted by Crippen LogP contribution is 2.40. The third-order valence-electron chi connectivity index (χ3n) is 9.19. The van der Waals surface area contributed by atoms with Crippen molar-refractivity contribution in [1.82, 2.24) is 14.1 Å². The monoisotopic (exact) mass is 575 g/mol. The molecule has 0 unspecified atom stereocenters. The summed E-state index contributed by atoms with van der Waals surface area (Å²) in [5.74, 6) is 0. The van der Waals surface area contributed by atoms with E-state index in [-0.39, 0.29) is 0 Å². The van der Waals surface area contributed by atoms with E-state index in [0.29, 0.717) is 5.71 Å². The second-order valence-corrected chi connectivity index (χ2v) is 11.6. The first-order valence-corrected chi connectivity index (χ1v) is 15.2. The smallest absolute Gasteiger partial charge is 0.227 e. The van der Waals surface area contributed by atoms with Crippen molar-refractivity contribution in [3.05, 3.63) is 152 Å². The van der Waals surface area contributed by atoms with Crippen molar-refractivity contribution in [3.8, 4) is 22.5 Å². The highest BCUT2D eigenvalue weighted by molar-refractivity contribution is 6.14. The number of hydrogen-bond acceptors (Lipinski definition) is 2. The van der Waals surface area contributed by atoms with Crippen molar-refractivity contribution in [2.75, 3.05) is 0 Å². The average molecular weight is 576 g/mol. The maximum Gasteiger partial charge on any atom is 0.227 e. The minimum absolute atomic E-state index is 0.659. The van der Waals surface area contributed by atoms with Gasteiger partial charge in [0.1, 0.15) is 0 Å². The summed E-state index contributed by atoms with van der Waals surface area (Å²) in [6.45, 7) is 0. The second-order valence-electron chi connectivity index (χ2n) is 11.6. The minimum Gasteiger partial charge on any atom is -0.435 e. The van der Waals surface area contributed by atoms with Crippen molar-refractivity contribution < 1.29 is 4.42 Å². The van der Waals surface area contributed by atoms with Gasteiger partial charge in [0.05, 0.1) is 27.8 Å². The normalized spacial score (nSPS) is 12.0. The van der Waals surface area contributed by atoms with Crippen molar-refractivity contribution in [2.24, 2.45) is 0 Å². The van der Waals surface area contributed by atoms with E-state index in [2.05, 4.69) is 154 Å². The van der Waals surface area contributed by atoms with Crippen molar-refractivity contribution in [3.63, 3.8) is 0 Å². The zero-order valence-electron chi connectivity index (χ0n) is 24.2. The highest BCUT2D eigenvalue weighted by Gasteiger charge is 2.19. The Hall–Kier alpha value is -6.13. The molecule has 10 rings (SSSR count). The van der Waals surface area contributed by atoms with E-state index in [1.165, 1.54) is 49.4 Å². The molecule has 0 bridgehead atoms. The number of benzene rings is 6. The summed E-state index contributed by atoms with van der Waals surface area (Å²) in [6, 6.07) is 52.0. The molecule has 4 aromatic heterocycles. The summed E-state index contributed by atoms with van der Waals surface area (Å²) in [7, 11) is 0. The first-order chi connectivity index (χ1) is 22.3. The SMILES string of the molecule is c1ccc(-n2c3ccccc3c3cc(-c4ccc5c(c4)c4ccccc4n5-c4cccc5c4oc4ncccc45)ccc32)cc1. The molecule has 4 heteroatoms. The van der Waals surface area contributed by atoms with Gasteiger partial charge in [-0.2, -0.15) is 0 Å². The van der Waals surface area contributed by atoms with E-state index in [1.807, 2.05) is 6.07 Å². The maximum absolute atomic E-state index is 6.37. The fourth-order valence-electron chi connectivity index (χ4n) is 7.21. The van der Waals surface area contributed by atoms with Crippen molar-refractivity contribution >= 4 is 65.7 Å². The zero-order chi connectivity index (χ0) is 29.5. The van der Waals surface area contributed by atoms with Gasteiger partial charge < -0.3 is 13.6 Å². The van der Waals surface area contributed by atoms with E-state index in [4.69, 9.17) is 4.42 Å². The van der Waals surface area contributed by atoms with Crippen LogP contribution in [0.5, 0.6) is 0 Å². The predicted octanol–water partition coefficient (Wildman–Crippen LogP) is 10.8. The lowest BCUT2D eigenvalue weighted by atomic mass is 10.0. The van der Waals surface area contributed by atoms with Crippen LogP contribution in [0.3, 0.4) is 0 Å². The van der Waals surface area contributed by atoms with E-state index in [0.717, 1.165) is 33.1 Å². The molecular formula is C41H25N3O. The van der Waals surface area contributed by atoms with E-state index in [9.17, 15) is 0 Å². The minimum atomic E-state index is 0.659. The van der Waals surface area contributed by atoms with Crippen LogP contribution in [-0.4, -0.2) is 14.1 Å². The summed E-state index contributed by atoms with van der Waals surface area (Å²) < 4.78 is 11.1. The Balaban J connectivity index is 1.20. The van der Waals surface area contributed by atoms with E-state index < -0.39 is 0 Å². The molecule has 4 heterocycles. The van der Waals surface area contributed by atoms with Crippen LogP contribution in [0.1, 0.15) is 0 Å². The Morgan fingerprint density at radius 3 is 1.73 bits per heavy atom. The van der Waals surface area contributed by atoms with Crippen LogP contribution < -0.4 is 0 Å². The molecule has 0 N–H and O–H groups in total. The lowest BCUT2D eigenvalue weighted by Gasteiger charge is -2.09. The molecule has 10 aromatic rings. The molecule has 0 aliphatic heterocycles. The van der Waals surface area contributed by atoms with Crippen LogP contribution in [0.2, 0.25) is 0 Å². The Labute approximate surface area is 258 Å². The molecule has 0 spiro atoms. The van der Waals surface area contributed by atoms with Gasteiger partial charge in [-0.15, -0.1) is 0 Å². The molecule has 210 valence electrons. The second kappa shape index (κ2) is 9.18. The molecule has 6 aromatic carbocycles. The molecule has 0 aliphatic rings. The number of nitrogens with zero attached hydrogens (tertiary/aromatic N) is 3. The predicted molar refractivity (Wildman–Crippen MR) is 186 cm³/mol. The van der Waals surface area contributed by atoms with Gasteiger partial charge >= 0.3 is 0 Å². The van der Waals surface area contributed by atoms with Gasteiger partial charge in [-0.25, -0.2) is 4.98 Å². The lowest BCUT2D eigenvalue weighted by molar-refractivity contribution is 0.652. The molecule has 0 aliphatic carbocycles. The number of rotatable bonds is 3. The van der Waals surface area contributed by atoms with Gasteiger partial charge in [-0.1, -0.05) is 78.9 Å². The molecular weight excluding hydrogens is 550 g/mol. The summed E-state index contributed by atoms with van der Waals surface area (Å²) in [5.41, 5.74) is 10.8. The molecule has 0 atom stereocenters. The molecule has 4 nitrogen and oxygen atoms in total. The molecule has 45 heavy (non-hydrogen) atoms. The van der Waals surface area contributed by atoms with Crippen LogP contribution in [0, 0.1) is 0 Å². The van der Waals surface area contributed by atoms with Crippen molar-refractivity contribution in [2.45, 2.75) is 0 Å². The van der Waals surface area contributed by atoms with Crippen LogP contribution in [0.4, 0.5) is 0 Å². The van der Waals surface area contributed by atoms with Crippen LogP contribution in [0.25, 0.3) is 88.2 Å². The van der Waals surface area contributed by atoms with E-state index >= 15 is 0 Å². The molecule has 0 radical (unpaired) electrons.